The molecule has 31 heavy (non-hydrogen) atoms. The van der Waals surface area contributed by atoms with Gasteiger partial charge in [-0.2, -0.15) is 0 Å². The van der Waals surface area contributed by atoms with Crippen LogP contribution in [0.3, 0.4) is 0 Å². The van der Waals surface area contributed by atoms with E-state index in [4.69, 9.17) is 4.74 Å². The molecule has 2 unspecified atom stereocenters. The van der Waals surface area contributed by atoms with Crippen molar-refractivity contribution >= 4 is 11.8 Å². The van der Waals surface area contributed by atoms with Gasteiger partial charge in [-0.3, -0.25) is 9.59 Å². The van der Waals surface area contributed by atoms with Crippen LogP contribution in [0.2, 0.25) is 0 Å². The molecule has 2 amide bonds. The molecule has 2 saturated heterocycles. The number of rotatable bonds is 3. The van der Waals surface area contributed by atoms with Gasteiger partial charge < -0.3 is 14.5 Å². The Morgan fingerprint density at radius 3 is 1.90 bits per heavy atom. The van der Waals surface area contributed by atoms with Crippen molar-refractivity contribution in [2.45, 2.75) is 84.3 Å². The van der Waals surface area contributed by atoms with Crippen LogP contribution in [0, 0.1) is 29.1 Å². The maximum Gasteiger partial charge on any atom is 0.246 e. The van der Waals surface area contributed by atoms with Crippen molar-refractivity contribution in [3.05, 3.63) is 11.6 Å². The fraction of sp³-hybridized carbons (Fsp3) is 0.846. The minimum Gasteiger partial charge on any atom is -0.372 e. The molecule has 0 aromatic rings. The van der Waals surface area contributed by atoms with Crippen LogP contribution in [0.1, 0.15) is 72.1 Å². The molecule has 2 atom stereocenters. The molecule has 2 aliphatic heterocycles. The van der Waals surface area contributed by atoms with Gasteiger partial charge in [0.2, 0.25) is 11.8 Å². The molecule has 2 heterocycles. The zero-order chi connectivity index (χ0) is 21.8. The predicted octanol–water partition coefficient (Wildman–Crippen LogP) is 4.02. The summed E-state index contributed by atoms with van der Waals surface area (Å²) in [6.45, 7) is 9.09. The first-order valence-electron chi connectivity index (χ1n) is 12.7. The number of carbonyl (C=O) groups is 2. The van der Waals surface area contributed by atoms with E-state index in [9.17, 15) is 9.59 Å². The van der Waals surface area contributed by atoms with Crippen LogP contribution < -0.4 is 0 Å². The molecule has 0 radical (unpaired) electrons. The molecule has 0 aromatic carbocycles. The Labute approximate surface area is 187 Å². The van der Waals surface area contributed by atoms with E-state index in [1.165, 1.54) is 44.1 Å². The molecule has 0 aromatic heterocycles. The highest BCUT2D eigenvalue weighted by Gasteiger charge is 2.51. The highest BCUT2D eigenvalue weighted by Crippen LogP contribution is 2.62. The number of ether oxygens (including phenoxy) is 1. The third-order valence-electron chi connectivity index (χ3n) is 9.10. The fourth-order valence-corrected chi connectivity index (χ4v) is 7.99. The molecule has 0 spiro atoms. The molecule has 6 rings (SSSR count). The second-order valence-corrected chi connectivity index (χ2v) is 11.6. The largest absolute Gasteiger partial charge is 0.372 e. The molecule has 5 heteroatoms. The fourth-order valence-electron chi connectivity index (χ4n) is 7.99. The Morgan fingerprint density at radius 1 is 0.871 bits per heavy atom. The normalized spacial score (nSPS) is 41.0. The number of hydrogen-bond acceptors (Lipinski definition) is 3. The second-order valence-electron chi connectivity index (χ2n) is 11.6. The standard InChI is InChI=1S/C26H40N2O3/c1-17(26-12-20-9-21(13-26)11-22(10-20)14-26)8-24(29)27-6-4-23(5-7-27)25(30)28-15-18(2)31-19(3)16-28/h8,18-23H,4-7,9-16H2,1-3H3/b17-8+. The zero-order valence-electron chi connectivity index (χ0n) is 19.6. The van der Waals surface area contributed by atoms with Crippen LogP contribution in [0.15, 0.2) is 11.6 Å². The van der Waals surface area contributed by atoms with Crippen molar-refractivity contribution in [1.82, 2.24) is 9.80 Å². The molecular formula is C26H40N2O3. The van der Waals surface area contributed by atoms with Gasteiger partial charge >= 0.3 is 0 Å². The number of nitrogens with zero attached hydrogens (tertiary/aromatic N) is 2. The maximum atomic E-state index is 13.1. The van der Waals surface area contributed by atoms with Crippen LogP contribution in [-0.4, -0.2) is 60.0 Å². The van der Waals surface area contributed by atoms with Crippen molar-refractivity contribution in [1.29, 1.82) is 0 Å². The molecule has 0 N–H and O–H groups in total. The van der Waals surface area contributed by atoms with E-state index < -0.39 is 0 Å². The van der Waals surface area contributed by atoms with Crippen molar-refractivity contribution in [2.24, 2.45) is 29.1 Å². The van der Waals surface area contributed by atoms with Gasteiger partial charge in [-0.15, -0.1) is 0 Å². The first-order valence-corrected chi connectivity index (χ1v) is 12.7. The second kappa shape index (κ2) is 8.20. The lowest BCUT2D eigenvalue weighted by molar-refractivity contribution is -0.149. The number of hydrogen-bond donors (Lipinski definition) is 0. The summed E-state index contributed by atoms with van der Waals surface area (Å²) in [5, 5.41) is 0. The number of likely N-dealkylation sites (tertiary alicyclic amines) is 1. The monoisotopic (exact) mass is 428 g/mol. The molecule has 5 nitrogen and oxygen atoms in total. The average molecular weight is 429 g/mol. The number of amides is 2. The molecular weight excluding hydrogens is 388 g/mol. The van der Waals surface area contributed by atoms with Crippen LogP contribution >= 0.6 is 0 Å². The molecule has 4 saturated carbocycles. The highest BCUT2D eigenvalue weighted by molar-refractivity contribution is 5.89. The lowest BCUT2D eigenvalue weighted by atomic mass is 9.48. The number of morpholine rings is 1. The van der Waals surface area contributed by atoms with E-state index in [1.807, 2.05) is 29.7 Å². The number of piperidine rings is 1. The van der Waals surface area contributed by atoms with Crippen molar-refractivity contribution in [3.8, 4) is 0 Å². The average Bonchev–Trinajstić information content (AvgIpc) is 2.71. The first kappa shape index (κ1) is 21.5. The van der Waals surface area contributed by atoms with E-state index in [2.05, 4.69) is 6.92 Å². The van der Waals surface area contributed by atoms with Gasteiger partial charge in [-0.05, 0) is 95.3 Å². The summed E-state index contributed by atoms with van der Waals surface area (Å²) in [5.41, 5.74) is 1.65. The summed E-state index contributed by atoms with van der Waals surface area (Å²) in [6.07, 6.45) is 12.0. The minimum absolute atomic E-state index is 0.0507. The summed E-state index contributed by atoms with van der Waals surface area (Å²) in [4.78, 5) is 30.1. The Morgan fingerprint density at radius 2 is 1.39 bits per heavy atom. The Hall–Kier alpha value is -1.36. The van der Waals surface area contributed by atoms with E-state index in [-0.39, 0.29) is 29.9 Å². The van der Waals surface area contributed by atoms with Gasteiger partial charge in [-0.1, -0.05) is 5.57 Å². The summed E-state index contributed by atoms with van der Waals surface area (Å²) in [5.74, 6) is 3.18. The smallest absolute Gasteiger partial charge is 0.246 e. The lowest BCUT2D eigenvalue weighted by Gasteiger charge is -2.57. The summed E-state index contributed by atoms with van der Waals surface area (Å²) in [6, 6.07) is 0. The zero-order valence-corrected chi connectivity index (χ0v) is 19.6. The topological polar surface area (TPSA) is 49.9 Å². The minimum atomic E-state index is 0.0507. The summed E-state index contributed by atoms with van der Waals surface area (Å²) in [7, 11) is 0. The lowest BCUT2D eigenvalue weighted by Crippen LogP contribution is -2.51. The maximum absolute atomic E-state index is 13.1. The van der Waals surface area contributed by atoms with Crippen LogP contribution in [0.25, 0.3) is 0 Å². The SMILES string of the molecule is C/C(=C\C(=O)N1CCC(C(=O)N2CC(C)OC(C)C2)CC1)C12CC3CC(CC(C3)C1)C2. The third kappa shape index (κ3) is 4.19. The van der Waals surface area contributed by atoms with Gasteiger partial charge in [0.25, 0.3) is 0 Å². The van der Waals surface area contributed by atoms with E-state index in [0.717, 1.165) is 30.6 Å². The summed E-state index contributed by atoms with van der Waals surface area (Å²) < 4.78 is 5.77. The van der Waals surface area contributed by atoms with Gasteiger partial charge in [0.15, 0.2) is 0 Å². The Kier molecular flexibility index (Phi) is 5.69. The predicted molar refractivity (Wildman–Crippen MR) is 120 cm³/mol. The van der Waals surface area contributed by atoms with Crippen molar-refractivity contribution in [2.75, 3.05) is 26.2 Å². The molecule has 6 fully saturated rings. The quantitative estimate of drug-likeness (QED) is 0.638. The van der Waals surface area contributed by atoms with Gasteiger partial charge in [0.05, 0.1) is 12.2 Å². The van der Waals surface area contributed by atoms with E-state index in [0.29, 0.717) is 31.6 Å². The number of allylic oxidation sites excluding steroid dienone is 1. The van der Waals surface area contributed by atoms with Gasteiger partial charge in [-0.25, -0.2) is 0 Å². The van der Waals surface area contributed by atoms with Crippen LogP contribution in [0.4, 0.5) is 0 Å². The first-order chi connectivity index (χ1) is 14.8. The molecule has 4 aliphatic carbocycles. The Balaban J connectivity index is 1.17. The van der Waals surface area contributed by atoms with Crippen LogP contribution in [0.5, 0.6) is 0 Å². The summed E-state index contributed by atoms with van der Waals surface area (Å²) >= 11 is 0. The van der Waals surface area contributed by atoms with Crippen molar-refractivity contribution < 1.29 is 14.3 Å². The van der Waals surface area contributed by atoms with Gasteiger partial charge in [0.1, 0.15) is 0 Å². The van der Waals surface area contributed by atoms with E-state index in [1.54, 1.807) is 0 Å². The molecule has 6 aliphatic rings. The Bertz CT molecular complexity index is 706. The molecule has 4 bridgehead atoms. The highest BCUT2D eigenvalue weighted by atomic mass is 16.5. The molecule has 172 valence electrons. The van der Waals surface area contributed by atoms with Crippen LogP contribution in [-0.2, 0) is 14.3 Å². The third-order valence-corrected chi connectivity index (χ3v) is 9.10. The van der Waals surface area contributed by atoms with Gasteiger partial charge in [0, 0.05) is 38.2 Å². The van der Waals surface area contributed by atoms with Crippen molar-refractivity contribution in [3.63, 3.8) is 0 Å². The van der Waals surface area contributed by atoms with E-state index >= 15 is 0 Å². The number of carbonyl (C=O) groups excluding carboxylic acids is 2.